The maximum absolute atomic E-state index is 11.5. The van der Waals surface area contributed by atoms with Crippen molar-refractivity contribution in [3.63, 3.8) is 0 Å². The molecule has 0 aliphatic rings. The van der Waals surface area contributed by atoms with Gasteiger partial charge in [0.2, 0.25) is 0 Å². The number of benzene rings is 1. The van der Waals surface area contributed by atoms with Crippen molar-refractivity contribution >= 4 is 35.7 Å². The van der Waals surface area contributed by atoms with Crippen LogP contribution in [0.4, 0.5) is 0 Å². The van der Waals surface area contributed by atoms with Gasteiger partial charge in [-0.3, -0.25) is 4.79 Å². The van der Waals surface area contributed by atoms with Gasteiger partial charge < -0.3 is 25.3 Å². The lowest BCUT2D eigenvalue weighted by Crippen LogP contribution is -2.35. The van der Waals surface area contributed by atoms with E-state index in [4.69, 9.17) is 26.7 Å². The molecule has 1 rings (SSSR count). The van der Waals surface area contributed by atoms with Crippen LogP contribution >= 0.6 is 11.6 Å². The summed E-state index contributed by atoms with van der Waals surface area (Å²) in [5.74, 6) is -2.77. The normalized spacial score (nSPS) is 10.6. The second-order valence-corrected chi connectivity index (χ2v) is 5.90. The van der Waals surface area contributed by atoms with Crippen molar-refractivity contribution in [1.82, 2.24) is 10.2 Å². The first-order valence-corrected chi connectivity index (χ1v) is 9.20. The molecular weight excluding hydrogens is 402 g/mol. The van der Waals surface area contributed by atoms with Gasteiger partial charge in [-0.05, 0) is 30.8 Å². The summed E-state index contributed by atoms with van der Waals surface area (Å²) < 4.78 is 0. The maximum atomic E-state index is 11.5. The summed E-state index contributed by atoms with van der Waals surface area (Å²) in [7, 11) is 0. The predicted octanol–water partition coefficient (Wildman–Crippen LogP) is 2.01. The van der Waals surface area contributed by atoms with Crippen LogP contribution < -0.4 is 5.32 Å². The molecule has 10 heteroatoms. The minimum atomic E-state index is -1.26. The van der Waals surface area contributed by atoms with Crippen molar-refractivity contribution in [3.8, 4) is 0 Å². The van der Waals surface area contributed by atoms with Gasteiger partial charge in [0.05, 0.1) is 0 Å². The lowest BCUT2D eigenvalue weighted by atomic mass is 10.2. The third kappa shape index (κ3) is 15.8. The molecule has 0 radical (unpaired) electrons. The number of aliphatic carboxylic acids is 2. The minimum Gasteiger partial charge on any atom is -0.478 e. The van der Waals surface area contributed by atoms with Gasteiger partial charge in [-0.25, -0.2) is 9.59 Å². The highest BCUT2D eigenvalue weighted by atomic mass is 35.5. The Kier molecular flexibility index (Phi) is 14.5. The number of halogens is 1. The van der Waals surface area contributed by atoms with Gasteiger partial charge in [-0.1, -0.05) is 42.7 Å². The van der Waals surface area contributed by atoms with Crippen LogP contribution in [0.15, 0.2) is 41.6 Å². The molecule has 29 heavy (non-hydrogen) atoms. The van der Waals surface area contributed by atoms with E-state index in [1.807, 2.05) is 12.1 Å². The molecule has 0 saturated carbocycles. The maximum Gasteiger partial charge on any atom is 0.328 e. The second-order valence-electron chi connectivity index (χ2n) is 5.47. The molecule has 1 amide bonds. The van der Waals surface area contributed by atoms with E-state index in [1.165, 1.54) is 0 Å². The van der Waals surface area contributed by atoms with Crippen LogP contribution in [0.2, 0.25) is 5.02 Å². The van der Waals surface area contributed by atoms with Crippen molar-refractivity contribution in [2.75, 3.05) is 26.2 Å². The molecule has 0 aliphatic carbocycles. The van der Waals surface area contributed by atoms with E-state index >= 15 is 0 Å². The third-order valence-corrected chi connectivity index (χ3v) is 3.59. The van der Waals surface area contributed by atoms with Crippen molar-refractivity contribution in [2.24, 2.45) is 5.16 Å². The van der Waals surface area contributed by atoms with Crippen LogP contribution in [0.5, 0.6) is 0 Å². The molecule has 0 heterocycles. The van der Waals surface area contributed by atoms with E-state index in [-0.39, 0.29) is 12.5 Å². The van der Waals surface area contributed by atoms with Gasteiger partial charge in [-0.2, -0.15) is 0 Å². The number of carbonyl (C=O) groups excluding carboxylic acids is 1. The first kappa shape index (κ1) is 26.1. The van der Waals surface area contributed by atoms with E-state index < -0.39 is 11.9 Å². The fourth-order valence-electron chi connectivity index (χ4n) is 1.89. The predicted molar refractivity (Wildman–Crippen MR) is 110 cm³/mol. The van der Waals surface area contributed by atoms with Crippen molar-refractivity contribution in [3.05, 3.63) is 47.0 Å². The van der Waals surface area contributed by atoms with E-state index in [1.54, 1.807) is 12.1 Å². The summed E-state index contributed by atoms with van der Waals surface area (Å²) in [6.07, 6.45) is 2.26. The highest BCUT2D eigenvalue weighted by molar-refractivity contribution is 6.30. The molecule has 0 unspecified atom stereocenters. The topological polar surface area (TPSA) is 129 Å². The van der Waals surface area contributed by atoms with Crippen LogP contribution in [-0.4, -0.2) is 65.4 Å². The molecule has 1 aromatic rings. The quantitative estimate of drug-likeness (QED) is 0.280. The van der Waals surface area contributed by atoms with Gasteiger partial charge in [-0.15, -0.1) is 0 Å². The summed E-state index contributed by atoms with van der Waals surface area (Å²) in [4.78, 5) is 37.9. The number of nitrogens with zero attached hydrogens (tertiary/aromatic N) is 2. The Balaban J connectivity index is 0.000000828. The summed E-state index contributed by atoms with van der Waals surface area (Å²) in [6.45, 7) is 7.85. The highest BCUT2D eigenvalue weighted by Gasteiger charge is 2.00. The average Bonchev–Trinajstić information content (AvgIpc) is 2.67. The van der Waals surface area contributed by atoms with E-state index in [9.17, 15) is 14.4 Å². The van der Waals surface area contributed by atoms with Gasteiger partial charge in [0.25, 0.3) is 5.91 Å². The molecule has 0 fully saturated rings. The number of likely N-dealkylation sites (N-methyl/N-ethyl adjacent to an activating group) is 1. The standard InChI is InChI=1S/C15H22ClN3O2.C4H4O4/c1-3-19(4-2)9-8-17-15(20)11-18-21-12-13-6-5-7-14(16)10-13;5-3(6)1-2-4(7)8/h5-7,10-11H,3-4,8-9,12H2,1-2H3,(H,17,20);1-2H,(H,5,6)(H,7,8)/b18-11+;2-1-. The number of amides is 1. The molecule has 1 aromatic carbocycles. The van der Waals surface area contributed by atoms with Crippen molar-refractivity contribution in [2.45, 2.75) is 20.5 Å². The van der Waals surface area contributed by atoms with Crippen LogP contribution in [0, 0.1) is 0 Å². The van der Waals surface area contributed by atoms with Gasteiger partial charge >= 0.3 is 11.9 Å². The largest absolute Gasteiger partial charge is 0.478 e. The molecule has 0 saturated heterocycles. The van der Waals surface area contributed by atoms with Crippen molar-refractivity contribution in [1.29, 1.82) is 0 Å². The number of carbonyl (C=O) groups is 3. The van der Waals surface area contributed by atoms with Gasteiger partial charge in [0, 0.05) is 30.3 Å². The van der Waals surface area contributed by atoms with Crippen molar-refractivity contribution < 1.29 is 29.4 Å². The van der Waals surface area contributed by atoms with Crippen LogP contribution in [0.1, 0.15) is 19.4 Å². The first-order chi connectivity index (χ1) is 13.8. The lowest BCUT2D eigenvalue weighted by Gasteiger charge is -2.17. The number of nitrogens with one attached hydrogen (secondary N) is 1. The average molecular weight is 428 g/mol. The zero-order valence-electron chi connectivity index (χ0n) is 16.4. The summed E-state index contributed by atoms with van der Waals surface area (Å²) in [6, 6.07) is 7.30. The van der Waals surface area contributed by atoms with Crippen LogP contribution in [-0.2, 0) is 25.8 Å². The smallest absolute Gasteiger partial charge is 0.328 e. The van der Waals surface area contributed by atoms with Crippen LogP contribution in [0.3, 0.4) is 0 Å². The zero-order valence-corrected chi connectivity index (χ0v) is 17.1. The molecule has 3 N–H and O–H groups in total. The summed E-state index contributed by atoms with van der Waals surface area (Å²) in [5, 5.41) is 22.7. The number of hydrogen-bond donors (Lipinski definition) is 3. The SMILES string of the molecule is CCN(CC)CCNC(=O)/C=N/OCc1cccc(Cl)c1.O=C(O)/C=C\C(=O)O. The lowest BCUT2D eigenvalue weighted by molar-refractivity contribution is -0.134. The third-order valence-electron chi connectivity index (χ3n) is 3.35. The molecule has 9 nitrogen and oxygen atoms in total. The number of carboxylic acids is 2. The molecule has 0 aromatic heterocycles. The Hall–Kier alpha value is -2.91. The first-order valence-electron chi connectivity index (χ1n) is 8.82. The Morgan fingerprint density at radius 1 is 1.17 bits per heavy atom. The Morgan fingerprint density at radius 3 is 2.31 bits per heavy atom. The minimum absolute atomic E-state index is 0.256. The number of hydrogen-bond acceptors (Lipinski definition) is 6. The number of oxime groups is 1. The molecule has 0 atom stereocenters. The second kappa shape index (κ2) is 16.1. The van der Waals surface area contributed by atoms with E-state index in [0.717, 1.165) is 31.4 Å². The fraction of sp³-hybridized carbons (Fsp3) is 0.368. The fourth-order valence-corrected chi connectivity index (χ4v) is 2.10. The zero-order chi connectivity index (χ0) is 22.1. The van der Waals surface area contributed by atoms with Crippen LogP contribution in [0.25, 0.3) is 0 Å². The Morgan fingerprint density at radius 2 is 1.79 bits per heavy atom. The van der Waals surface area contributed by atoms with E-state index in [2.05, 4.69) is 29.2 Å². The van der Waals surface area contributed by atoms with Gasteiger partial charge in [0.15, 0.2) is 0 Å². The highest BCUT2D eigenvalue weighted by Crippen LogP contribution is 2.11. The summed E-state index contributed by atoms with van der Waals surface area (Å²) >= 11 is 5.85. The van der Waals surface area contributed by atoms with E-state index in [0.29, 0.717) is 23.7 Å². The monoisotopic (exact) mass is 427 g/mol. The molecular formula is C19H26ClN3O6. The summed E-state index contributed by atoms with van der Waals surface area (Å²) in [5.41, 5.74) is 0.904. The number of rotatable bonds is 11. The molecule has 0 bridgehead atoms. The molecule has 0 spiro atoms. The Bertz CT molecular complexity index is 689. The number of carboxylic acid groups (broad SMARTS) is 2. The molecule has 160 valence electrons. The van der Waals surface area contributed by atoms with Gasteiger partial charge in [0.1, 0.15) is 12.8 Å². The Labute approximate surface area is 174 Å². The molecule has 0 aliphatic heterocycles.